The molecule has 2 N–H and O–H groups in total. The van der Waals surface area contributed by atoms with Crippen molar-refractivity contribution in [2.45, 2.75) is 20.8 Å². The Balaban J connectivity index is 1.90. The summed E-state index contributed by atoms with van der Waals surface area (Å²) in [4.78, 5) is 34.1. The van der Waals surface area contributed by atoms with Gasteiger partial charge in [-0.15, -0.1) is 0 Å². The van der Waals surface area contributed by atoms with Crippen molar-refractivity contribution < 1.29 is 19.2 Å². The van der Waals surface area contributed by atoms with Gasteiger partial charge in [0, 0.05) is 12.1 Å². The van der Waals surface area contributed by atoms with Crippen molar-refractivity contribution >= 4 is 17.5 Å². The van der Waals surface area contributed by atoms with E-state index < -0.39 is 16.7 Å². The van der Waals surface area contributed by atoms with Crippen LogP contribution >= 0.6 is 0 Å². The van der Waals surface area contributed by atoms with Crippen LogP contribution in [0, 0.1) is 30.9 Å². The molecule has 0 aromatic heterocycles. The largest absolute Gasteiger partial charge is 0.484 e. The van der Waals surface area contributed by atoms with Crippen LogP contribution < -0.4 is 15.6 Å². The molecule has 8 heteroatoms. The summed E-state index contributed by atoms with van der Waals surface area (Å²) in [5.74, 6) is -0.658. The van der Waals surface area contributed by atoms with E-state index in [0.29, 0.717) is 11.3 Å². The van der Waals surface area contributed by atoms with Crippen molar-refractivity contribution in [3.63, 3.8) is 0 Å². The van der Waals surface area contributed by atoms with Crippen molar-refractivity contribution in [2.75, 3.05) is 6.61 Å². The fourth-order valence-electron chi connectivity index (χ4n) is 2.15. The first-order chi connectivity index (χ1) is 12.3. The first-order valence-corrected chi connectivity index (χ1v) is 7.82. The number of carbonyl (C=O) groups excluding carboxylic acids is 2. The van der Waals surface area contributed by atoms with Gasteiger partial charge >= 0.3 is 0 Å². The molecule has 0 saturated heterocycles. The van der Waals surface area contributed by atoms with Crippen LogP contribution in [0.1, 0.15) is 27.0 Å². The van der Waals surface area contributed by atoms with Gasteiger partial charge in [0.05, 0.1) is 10.5 Å². The van der Waals surface area contributed by atoms with E-state index in [9.17, 15) is 19.7 Å². The predicted molar refractivity (Wildman–Crippen MR) is 94.9 cm³/mol. The van der Waals surface area contributed by atoms with Crippen LogP contribution in [-0.2, 0) is 4.79 Å². The van der Waals surface area contributed by atoms with Crippen molar-refractivity contribution in [1.29, 1.82) is 0 Å². The number of nitrogens with zero attached hydrogens (tertiary/aromatic N) is 1. The lowest BCUT2D eigenvalue weighted by atomic mass is 10.1. The van der Waals surface area contributed by atoms with Crippen molar-refractivity contribution in [1.82, 2.24) is 10.9 Å². The summed E-state index contributed by atoms with van der Waals surface area (Å²) in [6, 6.07) is 9.38. The molecule has 0 unspecified atom stereocenters. The Morgan fingerprint density at radius 2 is 1.69 bits per heavy atom. The van der Waals surface area contributed by atoms with Gasteiger partial charge in [0.15, 0.2) is 6.61 Å². The number of nitro groups is 1. The SMILES string of the molecule is Cc1ccc(OCC(=O)NNC(=O)c2cc([N+](=O)[O-])ccc2C)cc1C. The average Bonchev–Trinajstić information content (AvgIpc) is 2.60. The minimum Gasteiger partial charge on any atom is -0.484 e. The fraction of sp³-hybridized carbons (Fsp3) is 0.222. The zero-order valence-electron chi connectivity index (χ0n) is 14.7. The molecule has 2 aromatic carbocycles. The van der Waals surface area contributed by atoms with Gasteiger partial charge in [0.25, 0.3) is 17.5 Å². The zero-order chi connectivity index (χ0) is 19.3. The Morgan fingerprint density at radius 3 is 2.35 bits per heavy atom. The lowest BCUT2D eigenvalue weighted by Crippen LogP contribution is -2.44. The third-order valence-electron chi connectivity index (χ3n) is 3.84. The topological polar surface area (TPSA) is 111 Å². The fourth-order valence-corrected chi connectivity index (χ4v) is 2.15. The highest BCUT2D eigenvalue weighted by molar-refractivity contribution is 5.97. The molecule has 0 fully saturated rings. The summed E-state index contributed by atoms with van der Waals surface area (Å²) in [5.41, 5.74) is 7.05. The van der Waals surface area contributed by atoms with Gasteiger partial charge in [-0.2, -0.15) is 0 Å². The molecule has 26 heavy (non-hydrogen) atoms. The maximum absolute atomic E-state index is 12.1. The summed E-state index contributed by atoms with van der Waals surface area (Å²) in [6.07, 6.45) is 0. The smallest absolute Gasteiger partial charge is 0.276 e. The van der Waals surface area contributed by atoms with E-state index in [4.69, 9.17) is 4.74 Å². The molecule has 0 aliphatic carbocycles. The summed E-state index contributed by atoms with van der Waals surface area (Å²) >= 11 is 0. The lowest BCUT2D eigenvalue weighted by Gasteiger charge is -2.11. The molecule has 8 nitrogen and oxygen atoms in total. The molecule has 0 bridgehead atoms. The van der Waals surface area contributed by atoms with Gasteiger partial charge in [-0.25, -0.2) is 0 Å². The number of hydrogen-bond acceptors (Lipinski definition) is 5. The number of amides is 2. The maximum Gasteiger partial charge on any atom is 0.276 e. The van der Waals surface area contributed by atoms with E-state index in [1.807, 2.05) is 26.0 Å². The number of aryl methyl sites for hydroxylation is 3. The Bertz CT molecular complexity index is 864. The van der Waals surface area contributed by atoms with Crippen molar-refractivity contribution in [2.24, 2.45) is 0 Å². The quantitative estimate of drug-likeness (QED) is 0.630. The number of ether oxygens (including phenoxy) is 1. The Hall–Kier alpha value is -3.42. The van der Waals surface area contributed by atoms with E-state index in [1.54, 1.807) is 13.0 Å². The van der Waals surface area contributed by atoms with Crippen LogP contribution in [-0.4, -0.2) is 23.3 Å². The predicted octanol–water partition coefficient (Wildman–Crippen LogP) is 2.36. The highest BCUT2D eigenvalue weighted by atomic mass is 16.6. The molecule has 2 aromatic rings. The van der Waals surface area contributed by atoms with E-state index in [0.717, 1.165) is 17.2 Å². The van der Waals surface area contributed by atoms with E-state index >= 15 is 0 Å². The summed E-state index contributed by atoms with van der Waals surface area (Å²) in [7, 11) is 0. The number of nitrogens with one attached hydrogen (secondary N) is 2. The molecule has 2 rings (SSSR count). The second kappa shape index (κ2) is 8.11. The van der Waals surface area contributed by atoms with Gasteiger partial charge in [-0.1, -0.05) is 12.1 Å². The monoisotopic (exact) mass is 357 g/mol. The molecule has 0 heterocycles. The molecule has 2 amide bonds. The van der Waals surface area contributed by atoms with Crippen LogP contribution in [0.5, 0.6) is 5.75 Å². The van der Waals surface area contributed by atoms with Crippen LogP contribution in [0.3, 0.4) is 0 Å². The minimum atomic E-state index is -0.647. The summed E-state index contributed by atoms with van der Waals surface area (Å²) in [5, 5.41) is 10.8. The third kappa shape index (κ3) is 4.79. The van der Waals surface area contributed by atoms with E-state index in [2.05, 4.69) is 10.9 Å². The minimum absolute atomic E-state index is 0.106. The first kappa shape index (κ1) is 18.9. The number of hydrazine groups is 1. The molecule has 136 valence electrons. The van der Waals surface area contributed by atoms with E-state index in [-0.39, 0.29) is 17.9 Å². The van der Waals surface area contributed by atoms with Gasteiger partial charge in [0.2, 0.25) is 0 Å². The molecular weight excluding hydrogens is 338 g/mol. The second-order valence-corrected chi connectivity index (χ2v) is 5.79. The van der Waals surface area contributed by atoms with Gasteiger partial charge in [-0.3, -0.25) is 30.6 Å². The lowest BCUT2D eigenvalue weighted by molar-refractivity contribution is -0.384. The number of benzene rings is 2. The second-order valence-electron chi connectivity index (χ2n) is 5.79. The molecule has 0 aliphatic rings. The zero-order valence-corrected chi connectivity index (χ0v) is 14.7. The highest BCUT2D eigenvalue weighted by Crippen LogP contribution is 2.17. The normalized spacial score (nSPS) is 10.1. The molecular formula is C18H19N3O5. The standard InChI is InChI=1S/C18H19N3O5/c1-11-5-7-15(8-13(11)3)26-10-17(22)19-20-18(23)16-9-14(21(24)25)6-4-12(16)2/h4-9H,10H2,1-3H3,(H,19,22)(H,20,23). The maximum atomic E-state index is 12.1. The number of rotatable bonds is 5. The summed E-state index contributed by atoms with van der Waals surface area (Å²) in [6.45, 7) is 5.27. The number of carbonyl (C=O) groups is 2. The molecule has 0 aliphatic heterocycles. The molecule has 0 atom stereocenters. The van der Waals surface area contributed by atoms with Gasteiger partial charge < -0.3 is 4.74 Å². The number of hydrogen-bond donors (Lipinski definition) is 2. The number of non-ortho nitro benzene ring substituents is 1. The van der Waals surface area contributed by atoms with Gasteiger partial charge in [-0.05, 0) is 49.6 Å². The summed E-state index contributed by atoms with van der Waals surface area (Å²) < 4.78 is 5.36. The number of nitro benzene ring substituents is 1. The van der Waals surface area contributed by atoms with Crippen LogP contribution in [0.2, 0.25) is 0 Å². The van der Waals surface area contributed by atoms with Crippen molar-refractivity contribution in [3.8, 4) is 5.75 Å². The third-order valence-corrected chi connectivity index (χ3v) is 3.84. The Kier molecular flexibility index (Phi) is 5.90. The molecule has 0 spiro atoms. The van der Waals surface area contributed by atoms with Crippen LogP contribution in [0.4, 0.5) is 5.69 Å². The van der Waals surface area contributed by atoms with Gasteiger partial charge in [0.1, 0.15) is 5.75 Å². The first-order valence-electron chi connectivity index (χ1n) is 7.82. The average molecular weight is 357 g/mol. The Labute approximate surface area is 150 Å². The Morgan fingerprint density at radius 1 is 1.00 bits per heavy atom. The molecule has 0 radical (unpaired) electrons. The van der Waals surface area contributed by atoms with Crippen LogP contribution in [0.15, 0.2) is 36.4 Å². The molecule has 0 saturated carbocycles. The van der Waals surface area contributed by atoms with Crippen LogP contribution in [0.25, 0.3) is 0 Å². The van der Waals surface area contributed by atoms with E-state index in [1.165, 1.54) is 12.1 Å². The van der Waals surface area contributed by atoms with Crippen molar-refractivity contribution in [3.05, 3.63) is 68.8 Å². The highest BCUT2D eigenvalue weighted by Gasteiger charge is 2.15.